The van der Waals surface area contributed by atoms with Crippen molar-refractivity contribution in [2.45, 2.75) is 17.9 Å². The van der Waals surface area contributed by atoms with Gasteiger partial charge < -0.3 is 0 Å². The van der Waals surface area contributed by atoms with Crippen molar-refractivity contribution in [3.8, 4) is 0 Å². The first-order chi connectivity index (χ1) is 7.88. The van der Waals surface area contributed by atoms with Crippen molar-refractivity contribution in [3.63, 3.8) is 0 Å². The highest BCUT2D eigenvalue weighted by Gasteiger charge is 2.33. The average Bonchev–Trinajstić information content (AvgIpc) is 2.27. The van der Waals surface area contributed by atoms with Gasteiger partial charge in [0.2, 0.25) is 0 Å². The molecular weight excluding hydrogens is 365 g/mol. The summed E-state index contributed by atoms with van der Waals surface area (Å²) in [6.45, 7) is 0. The lowest BCUT2D eigenvalue weighted by Crippen LogP contribution is -2.11. The summed E-state index contributed by atoms with van der Waals surface area (Å²) >= 11 is 5.99. The molecule has 17 heavy (non-hydrogen) atoms. The molecule has 0 aliphatic heterocycles. The number of rotatable bonds is 4. The summed E-state index contributed by atoms with van der Waals surface area (Å²) in [4.78, 5) is 11.2. The van der Waals surface area contributed by atoms with Gasteiger partial charge in [-0.15, -0.1) is 0 Å². The third-order valence-electron chi connectivity index (χ3n) is 2.17. The second kappa shape index (κ2) is 6.00. The third kappa shape index (κ3) is 4.10. The van der Waals surface area contributed by atoms with E-state index in [1.807, 2.05) is 0 Å². The van der Waals surface area contributed by atoms with Crippen LogP contribution in [0.4, 0.5) is 13.2 Å². The monoisotopic (exact) mass is 372 g/mol. The Bertz CT molecular complexity index is 416. The van der Waals surface area contributed by atoms with Crippen molar-refractivity contribution in [1.82, 2.24) is 0 Å². The minimum absolute atomic E-state index is 0.0108. The van der Waals surface area contributed by atoms with Gasteiger partial charge in [-0.3, -0.25) is 4.79 Å². The zero-order valence-electron chi connectivity index (χ0n) is 8.65. The molecule has 0 aromatic heterocycles. The first-order valence-corrected chi connectivity index (χ1v) is 6.95. The van der Waals surface area contributed by atoms with Gasteiger partial charge in [0.15, 0.2) is 0 Å². The molecule has 94 valence electrons. The van der Waals surface area contributed by atoms with Gasteiger partial charge in [-0.2, -0.15) is 13.2 Å². The van der Waals surface area contributed by atoms with Crippen LogP contribution in [0, 0.1) is 0 Å². The molecule has 1 nitrogen and oxygen atoms in total. The van der Waals surface area contributed by atoms with Crippen molar-refractivity contribution in [1.29, 1.82) is 0 Å². The highest BCUT2D eigenvalue weighted by molar-refractivity contribution is 9.09. The van der Waals surface area contributed by atoms with Gasteiger partial charge in [0, 0.05) is 11.8 Å². The van der Waals surface area contributed by atoms with Gasteiger partial charge in [0.25, 0.3) is 0 Å². The molecule has 0 atom stereocenters. The van der Waals surface area contributed by atoms with Gasteiger partial charge in [0.05, 0.1) is 10.9 Å². The fourth-order valence-corrected chi connectivity index (χ4v) is 2.08. The predicted octanol–water partition coefficient (Wildman–Crippen LogP) is 4.11. The zero-order chi connectivity index (χ0) is 13.1. The molecule has 0 heterocycles. The Hall–Kier alpha value is -0.360. The van der Waals surface area contributed by atoms with Crippen LogP contribution in [0.1, 0.15) is 16.7 Å². The molecule has 1 aromatic carbocycles. The molecular formula is C11H9Br2F3O. The normalized spacial score (nSPS) is 11.6. The Kier molecular flexibility index (Phi) is 5.19. The van der Waals surface area contributed by atoms with Crippen LogP contribution in [0.2, 0.25) is 0 Å². The van der Waals surface area contributed by atoms with Gasteiger partial charge >= 0.3 is 6.18 Å². The van der Waals surface area contributed by atoms with Crippen LogP contribution in [-0.4, -0.2) is 11.1 Å². The SMILES string of the molecule is O=C(CBr)Cc1ccc(CBr)c(C(F)(F)F)c1. The molecule has 0 amide bonds. The number of ketones is 1. The van der Waals surface area contributed by atoms with Crippen LogP contribution in [0.25, 0.3) is 0 Å². The number of alkyl halides is 5. The van der Waals surface area contributed by atoms with E-state index in [9.17, 15) is 18.0 Å². The summed E-state index contributed by atoms with van der Waals surface area (Å²) in [6, 6.07) is 3.98. The van der Waals surface area contributed by atoms with Crippen LogP contribution in [0.5, 0.6) is 0 Å². The van der Waals surface area contributed by atoms with E-state index < -0.39 is 11.7 Å². The molecule has 0 fully saturated rings. The maximum Gasteiger partial charge on any atom is 0.416 e. The zero-order valence-corrected chi connectivity index (χ0v) is 11.8. The maximum absolute atomic E-state index is 12.7. The summed E-state index contributed by atoms with van der Waals surface area (Å²) in [6.07, 6.45) is -4.38. The average molecular weight is 374 g/mol. The van der Waals surface area contributed by atoms with E-state index >= 15 is 0 Å². The topological polar surface area (TPSA) is 17.1 Å². The van der Waals surface area contributed by atoms with E-state index in [-0.39, 0.29) is 28.4 Å². The Morgan fingerprint density at radius 2 is 1.88 bits per heavy atom. The predicted molar refractivity (Wildman–Crippen MR) is 66.6 cm³/mol. The van der Waals surface area contributed by atoms with E-state index in [1.54, 1.807) is 6.07 Å². The number of carbonyl (C=O) groups is 1. The van der Waals surface area contributed by atoms with E-state index in [1.165, 1.54) is 6.07 Å². The molecule has 0 N–H and O–H groups in total. The summed E-state index contributed by atoms with van der Waals surface area (Å²) in [7, 11) is 0. The van der Waals surface area contributed by atoms with Crippen molar-refractivity contribution < 1.29 is 18.0 Å². The minimum atomic E-state index is -4.39. The third-order valence-corrected chi connectivity index (χ3v) is 3.40. The lowest BCUT2D eigenvalue weighted by molar-refractivity contribution is -0.138. The smallest absolute Gasteiger partial charge is 0.298 e. The minimum Gasteiger partial charge on any atom is -0.298 e. The Labute approximate surface area is 114 Å². The second-order valence-electron chi connectivity index (χ2n) is 3.47. The van der Waals surface area contributed by atoms with Crippen LogP contribution >= 0.6 is 31.9 Å². The molecule has 0 bridgehead atoms. The quantitative estimate of drug-likeness (QED) is 0.726. The fraction of sp³-hybridized carbons (Fsp3) is 0.364. The molecule has 1 rings (SSSR count). The van der Waals surface area contributed by atoms with Crippen LogP contribution in [0.15, 0.2) is 18.2 Å². The molecule has 0 radical (unpaired) electrons. The van der Waals surface area contributed by atoms with Crippen molar-refractivity contribution in [2.24, 2.45) is 0 Å². The summed E-state index contributed by atoms with van der Waals surface area (Å²) in [5, 5.41) is 0.281. The summed E-state index contributed by atoms with van der Waals surface area (Å²) in [5.74, 6) is -0.148. The summed E-state index contributed by atoms with van der Waals surface area (Å²) < 4.78 is 38.2. The van der Waals surface area contributed by atoms with Gasteiger partial charge in [-0.1, -0.05) is 44.0 Å². The van der Waals surface area contributed by atoms with E-state index in [4.69, 9.17) is 0 Å². The van der Waals surface area contributed by atoms with Crippen LogP contribution in [0.3, 0.4) is 0 Å². The number of halogens is 5. The largest absolute Gasteiger partial charge is 0.416 e. The molecule has 0 aliphatic carbocycles. The molecule has 6 heteroatoms. The second-order valence-corrected chi connectivity index (χ2v) is 4.59. The van der Waals surface area contributed by atoms with Crippen LogP contribution < -0.4 is 0 Å². The number of carbonyl (C=O) groups excluding carboxylic acids is 1. The molecule has 0 saturated carbocycles. The number of Topliss-reactive ketones (excluding diaryl/α,β-unsaturated/α-hetero) is 1. The standard InChI is InChI=1S/C11H9Br2F3O/c12-5-8-2-1-7(3-9(17)6-13)4-10(8)11(14,15)16/h1-2,4H,3,5-6H2. The molecule has 0 unspecified atom stereocenters. The van der Waals surface area contributed by atoms with Gasteiger partial charge in [0.1, 0.15) is 5.78 Å². The molecule has 0 spiro atoms. The van der Waals surface area contributed by atoms with Crippen molar-refractivity contribution in [3.05, 3.63) is 34.9 Å². The Morgan fingerprint density at radius 1 is 1.24 bits per heavy atom. The number of benzene rings is 1. The number of hydrogen-bond acceptors (Lipinski definition) is 1. The summed E-state index contributed by atoms with van der Waals surface area (Å²) in [5.41, 5.74) is -0.131. The highest BCUT2D eigenvalue weighted by atomic mass is 79.9. The van der Waals surface area contributed by atoms with Crippen molar-refractivity contribution >= 4 is 37.6 Å². The first-order valence-electron chi connectivity index (χ1n) is 4.71. The van der Waals surface area contributed by atoms with Gasteiger partial charge in [-0.05, 0) is 17.2 Å². The van der Waals surface area contributed by atoms with Crippen LogP contribution in [-0.2, 0) is 22.7 Å². The van der Waals surface area contributed by atoms with E-state index in [0.717, 1.165) is 6.07 Å². The lowest BCUT2D eigenvalue weighted by Gasteiger charge is -2.12. The fourth-order valence-electron chi connectivity index (χ4n) is 1.39. The lowest BCUT2D eigenvalue weighted by atomic mass is 10.0. The molecule has 0 aliphatic rings. The highest BCUT2D eigenvalue weighted by Crippen LogP contribution is 2.33. The first kappa shape index (κ1) is 14.7. The number of hydrogen-bond donors (Lipinski definition) is 0. The molecule has 1 aromatic rings. The maximum atomic E-state index is 12.7. The van der Waals surface area contributed by atoms with E-state index in [0.29, 0.717) is 5.56 Å². The Balaban J connectivity index is 3.09. The Morgan fingerprint density at radius 3 is 2.35 bits per heavy atom. The van der Waals surface area contributed by atoms with E-state index in [2.05, 4.69) is 31.9 Å². The molecule has 0 saturated heterocycles. The van der Waals surface area contributed by atoms with Gasteiger partial charge in [-0.25, -0.2) is 0 Å². The van der Waals surface area contributed by atoms with Crippen molar-refractivity contribution in [2.75, 3.05) is 5.33 Å².